The number of anilines is 1. The van der Waals surface area contributed by atoms with Crippen LogP contribution >= 0.6 is 11.8 Å². The van der Waals surface area contributed by atoms with E-state index in [1.54, 1.807) is 30.3 Å². The molecule has 0 aliphatic rings. The van der Waals surface area contributed by atoms with Crippen molar-refractivity contribution in [3.63, 3.8) is 0 Å². The van der Waals surface area contributed by atoms with Crippen molar-refractivity contribution in [1.82, 2.24) is 0 Å². The van der Waals surface area contributed by atoms with Gasteiger partial charge in [0.15, 0.2) is 0 Å². The van der Waals surface area contributed by atoms with Gasteiger partial charge in [-0.05, 0) is 24.3 Å². The fourth-order valence-corrected chi connectivity index (χ4v) is 2.52. The molecule has 0 aliphatic carbocycles. The van der Waals surface area contributed by atoms with Crippen LogP contribution in [-0.4, -0.2) is 18.3 Å². The second-order valence-electron chi connectivity index (χ2n) is 4.30. The van der Waals surface area contributed by atoms with E-state index < -0.39 is 0 Å². The van der Waals surface area contributed by atoms with Crippen LogP contribution in [0.25, 0.3) is 0 Å². The van der Waals surface area contributed by atoms with Gasteiger partial charge in [0.1, 0.15) is 11.6 Å². The molecule has 0 fully saturated rings. The Morgan fingerprint density at radius 1 is 1.19 bits per heavy atom. The van der Waals surface area contributed by atoms with Crippen LogP contribution in [0.1, 0.15) is 6.92 Å². The molecule has 2 aromatic carbocycles. The number of benzene rings is 2. The molecule has 3 nitrogen and oxygen atoms in total. The summed E-state index contributed by atoms with van der Waals surface area (Å²) in [6.07, 6.45) is 0. The second-order valence-corrected chi connectivity index (χ2v) is 5.44. The van der Waals surface area contributed by atoms with Crippen LogP contribution in [0.15, 0.2) is 53.4 Å². The van der Waals surface area contributed by atoms with Crippen LogP contribution in [0.3, 0.4) is 0 Å². The Morgan fingerprint density at radius 2 is 1.90 bits per heavy atom. The number of hydrogen-bond acceptors (Lipinski definition) is 3. The summed E-state index contributed by atoms with van der Waals surface area (Å²) in [6, 6.07) is 13.9. The van der Waals surface area contributed by atoms with Crippen molar-refractivity contribution >= 4 is 23.4 Å². The third-order valence-electron chi connectivity index (χ3n) is 2.63. The van der Waals surface area contributed by atoms with Gasteiger partial charge in [-0.15, -0.1) is 11.8 Å². The van der Waals surface area contributed by atoms with E-state index in [0.717, 1.165) is 0 Å². The smallest absolute Gasteiger partial charge is 0.221 e. The van der Waals surface area contributed by atoms with E-state index in [1.807, 2.05) is 12.1 Å². The molecule has 0 radical (unpaired) electrons. The van der Waals surface area contributed by atoms with Crippen molar-refractivity contribution in [2.45, 2.75) is 11.8 Å². The third-order valence-corrected chi connectivity index (χ3v) is 3.65. The van der Waals surface area contributed by atoms with Gasteiger partial charge in [0.05, 0.1) is 12.3 Å². The average Bonchev–Trinajstić information content (AvgIpc) is 2.46. The van der Waals surface area contributed by atoms with E-state index >= 15 is 0 Å². The molecule has 21 heavy (non-hydrogen) atoms. The number of amides is 1. The van der Waals surface area contributed by atoms with E-state index in [4.69, 9.17) is 4.74 Å². The fourth-order valence-electron chi connectivity index (χ4n) is 1.75. The number of para-hydroxylation sites is 2. The predicted octanol–water partition coefficient (Wildman–Crippen LogP) is 3.96. The molecule has 2 aromatic rings. The molecule has 0 bridgehead atoms. The van der Waals surface area contributed by atoms with Gasteiger partial charge in [-0.2, -0.15) is 0 Å². The lowest BCUT2D eigenvalue weighted by Crippen LogP contribution is -2.09. The molecule has 0 heterocycles. The first-order valence-corrected chi connectivity index (χ1v) is 7.52. The van der Waals surface area contributed by atoms with E-state index in [-0.39, 0.29) is 11.7 Å². The molecular weight excluding hydrogens is 289 g/mol. The van der Waals surface area contributed by atoms with Crippen LogP contribution in [0.4, 0.5) is 10.1 Å². The number of thioether (sulfide) groups is 1. The van der Waals surface area contributed by atoms with Crippen molar-refractivity contribution in [3.05, 3.63) is 54.3 Å². The lowest BCUT2D eigenvalue weighted by molar-refractivity contribution is -0.114. The van der Waals surface area contributed by atoms with Crippen LogP contribution in [0.5, 0.6) is 5.75 Å². The zero-order valence-corrected chi connectivity index (χ0v) is 12.5. The maximum Gasteiger partial charge on any atom is 0.221 e. The molecule has 1 N–H and O–H groups in total. The van der Waals surface area contributed by atoms with Gasteiger partial charge < -0.3 is 10.1 Å². The lowest BCUT2D eigenvalue weighted by atomic mass is 10.3. The molecule has 0 saturated carbocycles. The van der Waals surface area contributed by atoms with Gasteiger partial charge in [0.2, 0.25) is 5.91 Å². The summed E-state index contributed by atoms with van der Waals surface area (Å²) in [5.41, 5.74) is 0.640. The van der Waals surface area contributed by atoms with Gasteiger partial charge in [-0.3, -0.25) is 4.79 Å². The highest BCUT2D eigenvalue weighted by atomic mass is 32.2. The molecule has 0 aromatic heterocycles. The van der Waals surface area contributed by atoms with E-state index in [0.29, 0.717) is 28.7 Å². The molecule has 0 aliphatic heterocycles. The highest BCUT2D eigenvalue weighted by Gasteiger charge is 2.05. The van der Waals surface area contributed by atoms with Crippen molar-refractivity contribution in [2.24, 2.45) is 0 Å². The zero-order chi connectivity index (χ0) is 15.1. The Kier molecular flexibility index (Phi) is 5.63. The average molecular weight is 305 g/mol. The predicted molar refractivity (Wildman–Crippen MR) is 83.4 cm³/mol. The minimum Gasteiger partial charge on any atom is -0.491 e. The normalized spacial score (nSPS) is 10.2. The van der Waals surface area contributed by atoms with Gasteiger partial charge in [-0.1, -0.05) is 24.3 Å². The molecule has 0 spiro atoms. The monoisotopic (exact) mass is 305 g/mol. The van der Waals surface area contributed by atoms with Gasteiger partial charge in [0.25, 0.3) is 0 Å². The zero-order valence-electron chi connectivity index (χ0n) is 11.6. The Balaban J connectivity index is 1.86. The molecule has 0 unspecified atom stereocenters. The molecule has 110 valence electrons. The first kappa shape index (κ1) is 15.4. The summed E-state index contributed by atoms with van der Waals surface area (Å²) in [6.45, 7) is 1.88. The van der Waals surface area contributed by atoms with Crippen LogP contribution in [0, 0.1) is 5.82 Å². The quantitative estimate of drug-likeness (QED) is 0.648. The molecule has 2 rings (SSSR count). The van der Waals surface area contributed by atoms with Crippen LogP contribution in [0.2, 0.25) is 0 Å². The maximum atomic E-state index is 13.4. The summed E-state index contributed by atoms with van der Waals surface area (Å²) >= 11 is 1.40. The van der Waals surface area contributed by atoms with Gasteiger partial charge >= 0.3 is 0 Å². The minimum absolute atomic E-state index is 0.146. The third kappa shape index (κ3) is 4.79. The van der Waals surface area contributed by atoms with Gasteiger partial charge in [-0.25, -0.2) is 4.39 Å². The number of hydrogen-bond donors (Lipinski definition) is 1. The van der Waals surface area contributed by atoms with Crippen LogP contribution in [-0.2, 0) is 4.79 Å². The second kappa shape index (κ2) is 7.69. The number of carbonyl (C=O) groups excluding carboxylic acids is 1. The Labute approximate surface area is 127 Å². The van der Waals surface area contributed by atoms with E-state index in [9.17, 15) is 9.18 Å². The largest absolute Gasteiger partial charge is 0.491 e. The van der Waals surface area contributed by atoms with Crippen molar-refractivity contribution in [1.29, 1.82) is 0 Å². The Hall–Kier alpha value is -2.01. The van der Waals surface area contributed by atoms with E-state index in [2.05, 4.69) is 5.32 Å². The first-order valence-electron chi connectivity index (χ1n) is 6.53. The number of rotatable bonds is 6. The Bertz CT molecular complexity index is 619. The summed E-state index contributed by atoms with van der Waals surface area (Å²) in [5, 5.41) is 2.71. The van der Waals surface area contributed by atoms with Crippen molar-refractivity contribution in [2.75, 3.05) is 17.7 Å². The summed E-state index contributed by atoms with van der Waals surface area (Å²) in [5.74, 6) is 0.866. The fraction of sp³-hybridized carbons (Fsp3) is 0.188. The lowest BCUT2D eigenvalue weighted by Gasteiger charge is -2.11. The number of nitrogens with one attached hydrogen (secondary N) is 1. The number of ether oxygens (including phenoxy) is 1. The molecule has 5 heteroatoms. The molecule has 1 amide bonds. The summed E-state index contributed by atoms with van der Waals surface area (Å²) < 4.78 is 19.1. The maximum absolute atomic E-state index is 13.4. The van der Waals surface area contributed by atoms with Crippen molar-refractivity contribution in [3.8, 4) is 5.75 Å². The summed E-state index contributed by atoms with van der Waals surface area (Å²) in [4.78, 5) is 11.7. The standard InChI is InChI=1S/C16H16FNO2S/c1-12(19)18-14-7-3-4-8-15(14)20-10-11-21-16-9-5-2-6-13(16)17/h2-9H,10-11H2,1H3,(H,18,19). The Morgan fingerprint density at radius 3 is 2.67 bits per heavy atom. The highest BCUT2D eigenvalue weighted by molar-refractivity contribution is 7.99. The van der Waals surface area contributed by atoms with Gasteiger partial charge in [0, 0.05) is 17.6 Å². The molecular formula is C16H16FNO2S. The van der Waals surface area contributed by atoms with Crippen molar-refractivity contribution < 1.29 is 13.9 Å². The van der Waals surface area contributed by atoms with Crippen LogP contribution < -0.4 is 10.1 Å². The SMILES string of the molecule is CC(=O)Nc1ccccc1OCCSc1ccccc1F. The number of halogens is 1. The van der Waals surface area contributed by atoms with E-state index in [1.165, 1.54) is 24.8 Å². The topological polar surface area (TPSA) is 38.3 Å². The molecule has 0 saturated heterocycles. The highest BCUT2D eigenvalue weighted by Crippen LogP contribution is 2.25. The minimum atomic E-state index is -0.221. The first-order chi connectivity index (χ1) is 10.2. The molecule has 0 atom stereocenters. The number of carbonyl (C=O) groups is 1. The summed E-state index contributed by atoms with van der Waals surface area (Å²) in [7, 11) is 0.